The molecule has 0 aliphatic heterocycles. The summed E-state index contributed by atoms with van der Waals surface area (Å²) in [6, 6.07) is 0. The van der Waals surface area contributed by atoms with Crippen molar-refractivity contribution >= 4 is 11.6 Å². The van der Waals surface area contributed by atoms with Crippen LogP contribution in [0.3, 0.4) is 0 Å². The molecule has 0 fully saturated rings. The molecule has 1 rings (SSSR count). The molecule has 0 aromatic carbocycles. The molecule has 134 valence electrons. The Balaban J connectivity index is 2.87. The van der Waals surface area contributed by atoms with Crippen LogP contribution in [0.25, 0.3) is 0 Å². The van der Waals surface area contributed by atoms with Gasteiger partial charge in [-0.25, -0.2) is 0 Å². The van der Waals surface area contributed by atoms with Crippen LogP contribution in [-0.4, -0.2) is 9.78 Å². The number of halogens is 4. The number of rotatable bonds is 10. The minimum Gasteiger partial charge on any atom is -0.265 e. The molecule has 1 aromatic rings. The molecule has 1 atom stereocenters. The second-order valence-electron chi connectivity index (χ2n) is 6.54. The van der Waals surface area contributed by atoms with Crippen LogP contribution in [-0.2, 0) is 11.7 Å². The van der Waals surface area contributed by atoms with Crippen molar-refractivity contribution in [2.75, 3.05) is 0 Å². The Morgan fingerprint density at radius 2 is 1.57 bits per heavy atom. The second-order valence-corrected chi connectivity index (χ2v) is 6.90. The van der Waals surface area contributed by atoms with Crippen LogP contribution in [0, 0.1) is 0 Å². The summed E-state index contributed by atoms with van der Waals surface area (Å²) in [7, 11) is 0. The summed E-state index contributed by atoms with van der Waals surface area (Å²) in [6.07, 6.45) is 5.89. The quantitative estimate of drug-likeness (QED) is 0.422. The summed E-state index contributed by atoms with van der Waals surface area (Å²) >= 11 is 5.72. The Labute approximate surface area is 142 Å². The zero-order chi connectivity index (χ0) is 17.5. The highest BCUT2D eigenvalue weighted by Gasteiger charge is 2.38. The predicted octanol–water partition coefficient (Wildman–Crippen LogP) is 6.82. The third kappa shape index (κ3) is 6.02. The lowest BCUT2D eigenvalue weighted by molar-refractivity contribution is -0.137. The Hall–Kier alpha value is -0.710. The summed E-state index contributed by atoms with van der Waals surface area (Å²) in [6.45, 7) is 6.24. The number of unbranched alkanes of at least 4 members (excludes halogenated alkanes) is 5. The minimum absolute atomic E-state index is 0.407. The van der Waals surface area contributed by atoms with Crippen LogP contribution >= 0.6 is 11.6 Å². The van der Waals surface area contributed by atoms with E-state index in [9.17, 15) is 13.2 Å². The topological polar surface area (TPSA) is 17.8 Å². The Morgan fingerprint density at radius 1 is 1.00 bits per heavy atom. The van der Waals surface area contributed by atoms with E-state index in [4.69, 9.17) is 11.6 Å². The van der Waals surface area contributed by atoms with Gasteiger partial charge in [0, 0.05) is 6.20 Å². The van der Waals surface area contributed by atoms with Crippen LogP contribution in [0.5, 0.6) is 0 Å². The van der Waals surface area contributed by atoms with Crippen LogP contribution in [0.2, 0.25) is 5.15 Å². The highest BCUT2D eigenvalue weighted by Crippen LogP contribution is 2.37. The average Bonchev–Trinajstić information content (AvgIpc) is 2.88. The molecule has 0 amide bonds. The molecular formula is C17H28ClF3N2. The van der Waals surface area contributed by atoms with E-state index in [-0.39, 0.29) is 0 Å². The van der Waals surface area contributed by atoms with E-state index >= 15 is 0 Å². The smallest absolute Gasteiger partial charge is 0.265 e. The van der Waals surface area contributed by atoms with Crippen molar-refractivity contribution in [1.82, 2.24) is 9.78 Å². The number of hydrogen-bond acceptors (Lipinski definition) is 1. The fourth-order valence-corrected chi connectivity index (χ4v) is 3.08. The fraction of sp³-hybridized carbons (Fsp3) is 0.824. The van der Waals surface area contributed by atoms with Gasteiger partial charge in [-0.1, -0.05) is 70.4 Å². The van der Waals surface area contributed by atoms with Gasteiger partial charge >= 0.3 is 6.18 Å². The minimum atomic E-state index is -4.46. The molecule has 0 radical (unpaired) electrons. The lowest BCUT2D eigenvalue weighted by Crippen LogP contribution is -2.31. The third-order valence-corrected chi connectivity index (χ3v) is 4.69. The van der Waals surface area contributed by atoms with E-state index in [1.807, 2.05) is 6.92 Å². The van der Waals surface area contributed by atoms with Gasteiger partial charge in [-0.15, -0.1) is 0 Å². The maximum atomic E-state index is 13.0. The lowest BCUT2D eigenvalue weighted by Gasteiger charge is -2.30. The molecule has 1 heterocycles. The molecule has 2 nitrogen and oxygen atoms in total. The Morgan fingerprint density at radius 3 is 2.09 bits per heavy atom. The van der Waals surface area contributed by atoms with Gasteiger partial charge in [0.05, 0.1) is 5.54 Å². The van der Waals surface area contributed by atoms with E-state index in [2.05, 4.69) is 18.9 Å². The van der Waals surface area contributed by atoms with Crippen molar-refractivity contribution < 1.29 is 13.2 Å². The summed E-state index contributed by atoms with van der Waals surface area (Å²) in [4.78, 5) is 0. The van der Waals surface area contributed by atoms with Crippen molar-refractivity contribution in [3.05, 3.63) is 16.9 Å². The lowest BCUT2D eigenvalue weighted by atomic mass is 9.88. The molecule has 0 aliphatic carbocycles. The first-order valence-corrected chi connectivity index (χ1v) is 8.95. The molecule has 1 aromatic heterocycles. The Bertz CT molecular complexity index is 471. The zero-order valence-electron chi connectivity index (χ0n) is 14.3. The highest BCUT2D eigenvalue weighted by molar-refractivity contribution is 6.30. The van der Waals surface area contributed by atoms with Gasteiger partial charge in [0.2, 0.25) is 0 Å². The van der Waals surface area contributed by atoms with Gasteiger partial charge in [-0.05, 0) is 19.8 Å². The van der Waals surface area contributed by atoms with Crippen LogP contribution < -0.4 is 0 Å². The molecular weight excluding hydrogens is 325 g/mol. The SMILES string of the molecule is CCCCCCCC(C)(CCCC)n1cc(C(F)(F)F)c(Cl)n1. The van der Waals surface area contributed by atoms with E-state index in [0.29, 0.717) is 0 Å². The van der Waals surface area contributed by atoms with Crippen molar-refractivity contribution in [2.24, 2.45) is 0 Å². The van der Waals surface area contributed by atoms with E-state index in [1.54, 1.807) is 0 Å². The first-order valence-electron chi connectivity index (χ1n) is 8.57. The van der Waals surface area contributed by atoms with Gasteiger partial charge in [-0.2, -0.15) is 18.3 Å². The van der Waals surface area contributed by atoms with Gasteiger partial charge in [0.1, 0.15) is 5.56 Å². The molecule has 1 unspecified atom stereocenters. The Kier molecular flexibility index (Phi) is 7.91. The van der Waals surface area contributed by atoms with Gasteiger partial charge in [-0.3, -0.25) is 4.68 Å². The van der Waals surface area contributed by atoms with Crippen LogP contribution in [0.15, 0.2) is 6.20 Å². The van der Waals surface area contributed by atoms with Gasteiger partial charge < -0.3 is 0 Å². The first kappa shape index (κ1) is 20.3. The monoisotopic (exact) mass is 352 g/mol. The molecule has 6 heteroatoms. The molecule has 0 N–H and O–H groups in total. The van der Waals surface area contributed by atoms with Crippen molar-refractivity contribution in [3.8, 4) is 0 Å². The van der Waals surface area contributed by atoms with E-state index < -0.39 is 22.4 Å². The summed E-state index contributed by atoms with van der Waals surface area (Å²) in [5, 5.41) is 3.53. The van der Waals surface area contributed by atoms with Crippen molar-refractivity contribution in [3.63, 3.8) is 0 Å². The largest absolute Gasteiger partial charge is 0.420 e. The number of aromatic nitrogens is 2. The third-order valence-electron chi connectivity index (χ3n) is 4.42. The predicted molar refractivity (Wildman–Crippen MR) is 88.8 cm³/mol. The van der Waals surface area contributed by atoms with Crippen LogP contribution in [0.4, 0.5) is 13.2 Å². The molecule has 0 aliphatic rings. The zero-order valence-corrected chi connectivity index (χ0v) is 15.1. The van der Waals surface area contributed by atoms with Crippen molar-refractivity contribution in [1.29, 1.82) is 0 Å². The summed E-state index contributed by atoms with van der Waals surface area (Å²) < 4.78 is 40.3. The number of nitrogens with zero attached hydrogens (tertiary/aromatic N) is 2. The van der Waals surface area contributed by atoms with Crippen molar-refractivity contribution in [2.45, 2.75) is 90.3 Å². The normalized spacial score (nSPS) is 14.9. The van der Waals surface area contributed by atoms with Gasteiger partial charge in [0.25, 0.3) is 0 Å². The number of hydrogen-bond donors (Lipinski definition) is 0. The summed E-state index contributed by atoms with van der Waals surface area (Å²) in [5.41, 5.74) is -1.25. The molecule has 0 spiro atoms. The molecule has 0 saturated carbocycles. The molecule has 0 saturated heterocycles. The summed E-state index contributed by atoms with van der Waals surface area (Å²) in [5.74, 6) is 0. The first-order chi connectivity index (χ1) is 10.7. The maximum Gasteiger partial charge on any atom is 0.420 e. The second kappa shape index (κ2) is 8.95. The van der Waals surface area contributed by atoms with Gasteiger partial charge in [0.15, 0.2) is 5.15 Å². The molecule has 23 heavy (non-hydrogen) atoms. The van der Waals surface area contributed by atoms with E-state index in [0.717, 1.165) is 44.7 Å². The molecule has 0 bridgehead atoms. The van der Waals surface area contributed by atoms with Crippen LogP contribution in [0.1, 0.15) is 84.1 Å². The van der Waals surface area contributed by atoms with E-state index in [1.165, 1.54) is 23.9 Å². The standard InChI is InChI=1S/C17H28ClF3N2/c1-4-6-8-9-10-12-16(3,11-7-5-2)23-13-14(15(18)22-23)17(19,20)21/h13H,4-12H2,1-3H3. The fourth-order valence-electron chi connectivity index (χ4n) is 2.84. The maximum absolute atomic E-state index is 13.0. The number of alkyl halides is 3. The average molecular weight is 353 g/mol. The highest BCUT2D eigenvalue weighted by atomic mass is 35.5.